The van der Waals surface area contributed by atoms with Crippen molar-refractivity contribution in [2.24, 2.45) is 5.73 Å². The van der Waals surface area contributed by atoms with Crippen LogP contribution in [0, 0.1) is 0 Å². The second-order valence-corrected chi connectivity index (χ2v) is 2.53. The van der Waals surface area contributed by atoms with E-state index in [9.17, 15) is 18.4 Å². The van der Waals surface area contributed by atoms with Gasteiger partial charge in [-0.25, -0.2) is 8.78 Å². The topological polar surface area (TPSA) is 102 Å². The van der Waals surface area contributed by atoms with Crippen LogP contribution in [0.25, 0.3) is 0 Å². The standard InChI is InChI=1S/C7H7F2N3O2/c8-5(9)4-3(6(11)13)2(10)1-12-7(4)14/h1,5H,10H2,(H2,11,13)(H,12,14). The number of aromatic nitrogens is 1. The number of alkyl halides is 2. The van der Waals surface area contributed by atoms with Crippen LogP contribution in [0.5, 0.6) is 0 Å². The molecule has 0 spiro atoms. The van der Waals surface area contributed by atoms with Crippen LogP contribution in [-0.2, 0) is 0 Å². The number of amides is 1. The zero-order valence-corrected chi connectivity index (χ0v) is 6.88. The smallest absolute Gasteiger partial charge is 0.270 e. The fraction of sp³-hybridized carbons (Fsp3) is 0.143. The number of nitrogens with one attached hydrogen (secondary N) is 1. The summed E-state index contributed by atoms with van der Waals surface area (Å²) in [6, 6.07) is 0. The Morgan fingerprint density at radius 1 is 1.50 bits per heavy atom. The molecule has 1 aromatic heterocycles. The maximum absolute atomic E-state index is 12.3. The lowest BCUT2D eigenvalue weighted by molar-refractivity contribution is 0.0986. The van der Waals surface area contributed by atoms with Crippen LogP contribution in [0.2, 0.25) is 0 Å². The van der Waals surface area contributed by atoms with Crippen LogP contribution >= 0.6 is 0 Å². The van der Waals surface area contributed by atoms with Crippen molar-refractivity contribution in [1.82, 2.24) is 4.98 Å². The first kappa shape index (κ1) is 10.2. The Morgan fingerprint density at radius 2 is 2.07 bits per heavy atom. The predicted molar refractivity (Wildman–Crippen MR) is 44.9 cm³/mol. The lowest BCUT2D eigenvalue weighted by Crippen LogP contribution is -2.24. The molecule has 0 aliphatic heterocycles. The Labute approximate surface area is 76.7 Å². The van der Waals surface area contributed by atoms with E-state index in [1.165, 1.54) is 0 Å². The number of carbonyl (C=O) groups is 1. The molecule has 5 nitrogen and oxygen atoms in total. The number of carbonyl (C=O) groups excluding carboxylic acids is 1. The number of hydrogen-bond acceptors (Lipinski definition) is 3. The van der Waals surface area contributed by atoms with Gasteiger partial charge in [-0.3, -0.25) is 9.59 Å². The molecule has 1 heterocycles. The van der Waals surface area contributed by atoms with Gasteiger partial charge >= 0.3 is 0 Å². The molecule has 0 atom stereocenters. The maximum Gasteiger partial charge on any atom is 0.270 e. The summed E-state index contributed by atoms with van der Waals surface area (Å²) in [6.45, 7) is 0. The Bertz CT molecular complexity index is 427. The van der Waals surface area contributed by atoms with Gasteiger partial charge in [-0.2, -0.15) is 0 Å². The Morgan fingerprint density at radius 3 is 2.43 bits per heavy atom. The van der Waals surface area contributed by atoms with Crippen LogP contribution in [0.4, 0.5) is 14.5 Å². The number of anilines is 1. The quantitative estimate of drug-likeness (QED) is 0.630. The molecule has 0 radical (unpaired) electrons. The molecule has 0 aliphatic rings. The molecular weight excluding hydrogens is 196 g/mol. The first-order valence-electron chi connectivity index (χ1n) is 3.54. The minimum Gasteiger partial charge on any atom is -0.397 e. The van der Waals surface area contributed by atoms with E-state index < -0.39 is 29.0 Å². The minimum absolute atomic E-state index is 0.271. The van der Waals surface area contributed by atoms with Crippen molar-refractivity contribution in [2.45, 2.75) is 6.43 Å². The molecule has 0 fully saturated rings. The van der Waals surface area contributed by atoms with Gasteiger partial charge < -0.3 is 16.5 Å². The minimum atomic E-state index is -3.09. The van der Waals surface area contributed by atoms with Gasteiger partial charge in [0.05, 0.1) is 16.8 Å². The third kappa shape index (κ3) is 1.56. The number of pyridine rings is 1. The highest BCUT2D eigenvalue weighted by atomic mass is 19.3. The van der Waals surface area contributed by atoms with Crippen molar-refractivity contribution in [2.75, 3.05) is 5.73 Å². The van der Waals surface area contributed by atoms with Crippen LogP contribution in [0.15, 0.2) is 11.0 Å². The van der Waals surface area contributed by atoms with Gasteiger partial charge in [-0.1, -0.05) is 0 Å². The number of nitrogen functional groups attached to an aromatic ring is 1. The predicted octanol–water partition coefficient (Wildman–Crippen LogP) is -0.00640. The monoisotopic (exact) mass is 203 g/mol. The second-order valence-electron chi connectivity index (χ2n) is 2.53. The van der Waals surface area contributed by atoms with Gasteiger partial charge in [0.2, 0.25) is 0 Å². The van der Waals surface area contributed by atoms with E-state index in [0.717, 1.165) is 6.20 Å². The molecule has 0 aromatic carbocycles. The van der Waals surface area contributed by atoms with Gasteiger partial charge in [0.1, 0.15) is 0 Å². The summed E-state index contributed by atoms with van der Waals surface area (Å²) >= 11 is 0. The Hall–Kier alpha value is -1.92. The average Bonchev–Trinajstić information content (AvgIpc) is 2.07. The summed E-state index contributed by atoms with van der Waals surface area (Å²) in [5.41, 5.74) is 7.09. The number of primary amides is 1. The van der Waals surface area contributed by atoms with E-state index in [1.54, 1.807) is 0 Å². The highest BCUT2D eigenvalue weighted by Gasteiger charge is 2.22. The molecule has 1 amide bonds. The van der Waals surface area contributed by atoms with Gasteiger partial charge in [-0.05, 0) is 0 Å². The molecular formula is C7H7F2N3O2. The van der Waals surface area contributed by atoms with E-state index in [0.29, 0.717) is 0 Å². The number of aromatic amines is 1. The van der Waals surface area contributed by atoms with Crippen molar-refractivity contribution in [3.8, 4) is 0 Å². The normalized spacial score (nSPS) is 10.5. The SMILES string of the molecule is NC(=O)c1c(N)c[nH]c(=O)c1C(F)F. The third-order valence-corrected chi connectivity index (χ3v) is 1.63. The summed E-state index contributed by atoms with van der Waals surface area (Å²) < 4.78 is 24.7. The molecule has 1 aromatic rings. The fourth-order valence-electron chi connectivity index (χ4n) is 1.05. The zero-order valence-electron chi connectivity index (χ0n) is 6.88. The molecule has 1 rings (SSSR count). The largest absolute Gasteiger partial charge is 0.397 e. The summed E-state index contributed by atoms with van der Waals surface area (Å²) in [5, 5.41) is 0. The highest BCUT2D eigenvalue weighted by molar-refractivity contribution is 5.99. The third-order valence-electron chi connectivity index (χ3n) is 1.63. The molecule has 76 valence electrons. The lowest BCUT2D eigenvalue weighted by atomic mass is 10.1. The van der Waals surface area contributed by atoms with Gasteiger partial charge in [0, 0.05) is 6.20 Å². The van der Waals surface area contributed by atoms with Gasteiger partial charge in [0.15, 0.2) is 0 Å². The fourth-order valence-corrected chi connectivity index (χ4v) is 1.05. The molecule has 5 N–H and O–H groups in total. The first-order chi connectivity index (χ1) is 6.45. The first-order valence-corrected chi connectivity index (χ1v) is 3.54. The number of rotatable bonds is 2. The van der Waals surface area contributed by atoms with E-state index in [-0.39, 0.29) is 5.69 Å². The molecule has 0 saturated carbocycles. The van der Waals surface area contributed by atoms with E-state index in [4.69, 9.17) is 11.5 Å². The summed E-state index contributed by atoms with van der Waals surface area (Å²) in [4.78, 5) is 23.7. The number of nitrogens with two attached hydrogens (primary N) is 2. The number of H-pyrrole nitrogens is 1. The number of halogens is 2. The average molecular weight is 203 g/mol. The van der Waals surface area contributed by atoms with Crippen molar-refractivity contribution >= 4 is 11.6 Å². The second kappa shape index (κ2) is 3.44. The van der Waals surface area contributed by atoms with Crippen molar-refractivity contribution in [1.29, 1.82) is 0 Å². The molecule has 0 saturated heterocycles. The number of hydrogen-bond donors (Lipinski definition) is 3. The van der Waals surface area contributed by atoms with E-state index >= 15 is 0 Å². The lowest BCUT2D eigenvalue weighted by Gasteiger charge is -2.06. The van der Waals surface area contributed by atoms with Crippen LogP contribution in [0.3, 0.4) is 0 Å². The summed E-state index contributed by atoms with van der Waals surface area (Å²) in [7, 11) is 0. The van der Waals surface area contributed by atoms with Crippen molar-refractivity contribution < 1.29 is 13.6 Å². The highest BCUT2D eigenvalue weighted by Crippen LogP contribution is 2.22. The summed E-state index contributed by atoms with van der Waals surface area (Å²) in [5.74, 6) is -1.15. The summed E-state index contributed by atoms with van der Waals surface area (Å²) in [6.07, 6.45) is -2.14. The zero-order chi connectivity index (χ0) is 10.9. The van der Waals surface area contributed by atoms with Crippen LogP contribution in [0.1, 0.15) is 22.3 Å². The van der Waals surface area contributed by atoms with Gasteiger partial charge in [-0.15, -0.1) is 0 Å². The van der Waals surface area contributed by atoms with Crippen molar-refractivity contribution in [3.63, 3.8) is 0 Å². The van der Waals surface area contributed by atoms with Crippen LogP contribution in [-0.4, -0.2) is 10.9 Å². The Balaban J connectivity index is 3.58. The Kier molecular flexibility index (Phi) is 2.50. The van der Waals surface area contributed by atoms with E-state index in [1.807, 2.05) is 4.98 Å². The maximum atomic E-state index is 12.3. The molecule has 0 aliphatic carbocycles. The molecule has 7 heteroatoms. The van der Waals surface area contributed by atoms with Gasteiger partial charge in [0.25, 0.3) is 17.9 Å². The van der Waals surface area contributed by atoms with Crippen molar-refractivity contribution in [3.05, 3.63) is 27.7 Å². The molecule has 14 heavy (non-hydrogen) atoms. The molecule has 0 bridgehead atoms. The van der Waals surface area contributed by atoms with Crippen LogP contribution < -0.4 is 17.0 Å². The molecule has 0 unspecified atom stereocenters. The van der Waals surface area contributed by atoms with E-state index in [2.05, 4.69) is 0 Å².